The minimum absolute atomic E-state index is 1.19. The summed E-state index contributed by atoms with van der Waals surface area (Å²) in [6.45, 7) is 7.46. The number of hydrogen-bond acceptors (Lipinski definition) is 0. The predicted molar refractivity (Wildman–Crippen MR) is 106 cm³/mol. The maximum atomic E-state index is 5.21. The molecule has 0 bridgehead atoms. The molecule has 0 aromatic carbocycles. The van der Waals surface area contributed by atoms with E-state index in [-0.39, 0.29) is 0 Å². The van der Waals surface area contributed by atoms with Crippen LogP contribution in [0.1, 0.15) is 45.4 Å². The molecule has 0 amide bonds. The van der Waals surface area contributed by atoms with E-state index in [0.29, 0.717) is 0 Å². The molecule has 0 nitrogen and oxygen atoms in total. The van der Waals surface area contributed by atoms with Crippen LogP contribution in [0.5, 0.6) is 0 Å². The fourth-order valence-electron chi connectivity index (χ4n) is 1.81. The van der Waals surface area contributed by atoms with Crippen LogP contribution < -0.4 is 0 Å². The second-order valence-electron chi connectivity index (χ2n) is 5.13. The van der Waals surface area contributed by atoms with Crippen LogP contribution in [-0.2, 0) is 0 Å². The predicted octanol–water partition coefficient (Wildman–Crippen LogP) is 7.23. The van der Waals surface area contributed by atoms with Crippen molar-refractivity contribution in [2.75, 3.05) is 0 Å². The summed E-state index contributed by atoms with van der Waals surface area (Å²) in [7, 11) is 0. The lowest BCUT2D eigenvalue weighted by Crippen LogP contribution is -1.75. The number of unbranched alkanes of at least 4 members (excludes halogenated alkanes) is 5. The summed E-state index contributed by atoms with van der Waals surface area (Å²) in [6.07, 6.45) is 37.5. The molecule has 0 aliphatic carbocycles. The van der Waals surface area contributed by atoms with Crippen molar-refractivity contribution in [2.24, 2.45) is 0 Å². The maximum absolute atomic E-state index is 5.21. The minimum atomic E-state index is 1.19. The quantitative estimate of drug-likeness (QED) is 0.249. The fourth-order valence-corrected chi connectivity index (χ4v) is 1.81. The van der Waals surface area contributed by atoms with Crippen molar-refractivity contribution in [1.82, 2.24) is 0 Å². The second kappa shape index (κ2) is 19.9. The van der Waals surface area contributed by atoms with Gasteiger partial charge in [-0.3, -0.25) is 0 Å². The highest BCUT2D eigenvalue weighted by Gasteiger charge is 1.85. The van der Waals surface area contributed by atoms with Gasteiger partial charge in [-0.1, -0.05) is 130 Å². The van der Waals surface area contributed by atoms with Crippen LogP contribution in [0.4, 0.5) is 0 Å². The van der Waals surface area contributed by atoms with E-state index >= 15 is 0 Å². The number of allylic oxidation sites excluding steroid dienone is 15. The summed E-state index contributed by atoms with van der Waals surface area (Å²) in [5.41, 5.74) is 0. The highest BCUT2D eigenvalue weighted by atomic mass is 13.9. The first-order valence-corrected chi connectivity index (χ1v) is 8.62. The Kier molecular flexibility index (Phi) is 18.1. The van der Waals surface area contributed by atoms with Crippen LogP contribution in [0.2, 0.25) is 0 Å². The van der Waals surface area contributed by atoms with E-state index < -0.39 is 0 Å². The summed E-state index contributed by atoms with van der Waals surface area (Å²) in [5.74, 6) is 0. The molecule has 0 rings (SSSR count). The van der Waals surface area contributed by atoms with Crippen molar-refractivity contribution in [2.45, 2.75) is 45.4 Å². The van der Waals surface area contributed by atoms with Crippen LogP contribution in [0.3, 0.4) is 0 Å². The molecule has 0 spiro atoms. The van der Waals surface area contributed by atoms with E-state index in [2.05, 4.69) is 31.2 Å². The molecule has 0 aliphatic heterocycles. The Hall–Kier alpha value is -2.08. The van der Waals surface area contributed by atoms with Gasteiger partial charge in [0, 0.05) is 0 Å². The second-order valence-corrected chi connectivity index (χ2v) is 5.13. The van der Waals surface area contributed by atoms with Crippen LogP contribution in [0, 0.1) is 6.58 Å². The molecular formula is C23H31. The Labute approximate surface area is 143 Å². The standard InChI is InChI=1S/C23H31/c1-3-5-7-9-11-13-15-17-19-21-23-22-20-18-16-14-12-10-8-6-4-2/h1,3,5,7,9,11,13,15-23H,4,6,8,10,12,14H2,2H3. The van der Waals surface area contributed by atoms with Gasteiger partial charge in [-0.15, -0.1) is 0 Å². The Morgan fingerprint density at radius 3 is 1.43 bits per heavy atom. The third-order valence-corrected chi connectivity index (χ3v) is 3.05. The first-order chi connectivity index (χ1) is 11.4. The molecule has 0 heterocycles. The Morgan fingerprint density at radius 1 is 0.522 bits per heavy atom. The first kappa shape index (κ1) is 20.9. The maximum Gasteiger partial charge on any atom is -0.0348 e. The monoisotopic (exact) mass is 307 g/mol. The van der Waals surface area contributed by atoms with Crippen LogP contribution in [0.15, 0.2) is 91.1 Å². The smallest absolute Gasteiger partial charge is 0.0348 e. The Balaban J connectivity index is 3.66. The molecule has 0 heteroatoms. The molecule has 0 aromatic rings. The molecule has 1 radical (unpaired) electrons. The third-order valence-electron chi connectivity index (χ3n) is 3.05. The van der Waals surface area contributed by atoms with Crippen LogP contribution in [-0.4, -0.2) is 0 Å². The molecule has 0 fully saturated rings. The van der Waals surface area contributed by atoms with E-state index in [4.69, 9.17) is 6.58 Å². The molecule has 0 saturated carbocycles. The van der Waals surface area contributed by atoms with Gasteiger partial charge in [0.15, 0.2) is 0 Å². The zero-order valence-electron chi connectivity index (χ0n) is 14.5. The summed E-state index contributed by atoms with van der Waals surface area (Å²) in [5, 5.41) is 0. The molecule has 0 aliphatic rings. The van der Waals surface area contributed by atoms with Gasteiger partial charge in [0.05, 0.1) is 0 Å². The average Bonchev–Trinajstić information content (AvgIpc) is 2.57. The highest BCUT2D eigenvalue weighted by molar-refractivity contribution is 5.20. The van der Waals surface area contributed by atoms with Crippen molar-refractivity contribution in [3.63, 3.8) is 0 Å². The van der Waals surface area contributed by atoms with Gasteiger partial charge >= 0.3 is 0 Å². The molecule has 23 heavy (non-hydrogen) atoms. The zero-order valence-corrected chi connectivity index (χ0v) is 14.5. The SMILES string of the molecule is [CH]=CC=CC=CC=CC=CC=CC=CC=CCCCCCCC. The van der Waals surface area contributed by atoms with Crippen LogP contribution in [0.25, 0.3) is 0 Å². The van der Waals surface area contributed by atoms with Crippen molar-refractivity contribution in [1.29, 1.82) is 0 Å². The third kappa shape index (κ3) is 19.9. The molecule has 123 valence electrons. The minimum Gasteiger partial charge on any atom is -0.0845 e. The molecule has 0 unspecified atom stereocenters. The fraction of sp³-hybridized carbons (Fsp3) is 0.304. The summed E-state index contributed by atoms with van der Waals surface area (Å²) < 4.78 is 0. The highest BCUT2D eigenvalue weighted by Crippen LogP contribution is 2.05. The Morgan fingerprint density at radius 2 is 0.957 bits per heavy atom. The van der Waals surface area contributed by atoms with Crippen molar-refractivity contribution < 1.29 is 0 Å². The zero-order chi connectivity index (χ0) is 16.8. The summed E-state index contributed by atoms with van der Waals surface area (Å²) >= 11 is 0. The van der Waals surface area contributed by atoms with E-state index in [0.717, 1.165) is 0 Å². The largest absolute Gasteiger partial charge is 0.0845 e. The lowest BCUT2D eigenvalue weighted by molar-refractivity contribution is 0.637. The van der Waals surface area contributed by atoms with Gasteiger partial charge in [0.25, 0.3) is 0 Å². The topological polar surface area (TPSA) is 0 Å². The van der Waals surface area contributed by atoms with Gasteiger partial charge in [-0.05, 0) is 12.8 Å². The van der Waals surface area contributed by atoms with Crippen LogP contribution >= 0.6 is 0 Å². The van der Waals surface area contributed by atoms with E-state index in [1.165, 1.54) is 44.6 Å². The van der Waals surface area contributed by atoms with Gasteiger partial charge in [-0.2, -0.15) is 0 Å². The normalized spacial score (nSPS) is 13.4. The number of hydrogen-bond donors (Lipinski definition) is 0. The molecule has 0 saturated heterocycles. The van der Waals surface area contributed by atoms with Gasteiger partial charge in [-0.25, -0.2) is 0 Å². The van der Waals surface area contributed by atoms with Crippen molar-refractivity contribution in [3.8, 4) is 0 Å². The molecule has 0 aromatic heterocycles. The molecule has 0 N–H and O–H groups in total. The Bertz CT molecular complexity index is 450. The van der Waals surface area contributed by atoms with E-state index in [9.17, 15) is 0 Å². The van der Waals surface area contributed by atoms with Crippen molar-refractivity contribution in [3.05, 3.63) is 97.7 Å². The summed E-state index contributed by atoms with van der Waals surface area (Å²) in [4.78, 5) is 0. The lowest BCUT2D eigenvalue weighted by Gasteiger charge is -1.95. The van der Waals surface area contributed by atoms with E-state index in [1.807, 2.05) is 54.7 Å². The molecule has 0 atom stereocenters. The number of rotatable bonds is 13. The summed E-state index contributed by atoms with van der Waals surface area (Å²) in [6, 6.07) is 0. The van der Waals surface area contributed by atoms with Crippen molar-refractivity contribution >= 4 is 0 Å². The first-order valence-electron chi connectivity index (χ1n) is 8.62. The average molecular weight is 308 g/mol. The van der Waals surface area contributed by atoms with Gasteiger partial charge in [0.1, 0.15) is 0 Å². The molecular weight excluding hydrogens is 276 g/mol. The van der Waals surface area contributed by atoms with Gasteiger partial charge in [0.2, 0.25) is 0 Å². The lowest BCUT2D eigenvalue weighted by atomic mass is 10.1. The van der Waals surface area contributed by atoms with Gasteiger partial charge < -0.3 is 0 Å². The van der Waals surface area contributed by atoms with E-state index in [1.54, 1.807) is 6.08 Å².